The van der Waals surface area contributed by atoms with Crippen LogP contribution in [0, 0.1) is 12.7 Å². The lowest BCUT2D eigenvalue weighted by Gasteiger charge is -2.37. The van der Waals surface area contributed by atoms with Gasteiger partial charge in [-0.25, -0.2) is 9.18 Å². The van der Waals surface area contributed by atoms with Crippen LogP contribution < -0.4 is 15.5 Å². The standard InChI is InChI=1S/C24H31FN4O2/c1-3-5-22(27-24(31)26-17-19-8-10-20(25)11-9-19)23(30)29-14-12-28(13-15-29)21-7-4-6-18(2)16-21/h4,6-11,16,22H,3,5,12-15,17H2,1-2H3,(H2,26,27,31)/t22-/m0/s1. The second kappa shape index (κ2) is 10.8. The maximum Gasteiger partial charge on any atom is 0.315 e. The van der Waals surface area contributed by atoms with Crippen LogP contribution in [0.3, 0.4) is 0 Å². The van der Waals surface area contributed by atoms with Gasteiger partial charge in [-0.1, -0.05) is 37.6 Å². The van der Waals surface area contributed by atoms with Crippen LogP contribution in [0.2, 0.25) is 0 Å². The SMILES string of the molecule is CCC[C@H](NC(=O)NCc1ccc(F)cc1)C(=O)N1CCN(c2cccc(C)c2)CC1. The van der Waals surface area contributed by atoms with Crippen LogP contribution in [-0.4, -0.2) is 49.1 Å². The number of halogens is 1. The summed E-state index contributed by atoms with van der Waals surface area (Å²) in [5.74, 6) is -0.355. The number of benzene rings is 2. The summed E-state index contributed by atoms with van der Waals surface area (Å²) >= 11 is 0. The largest absolute Gasteiger partial charge is 0.368 e. The van der Waals surface area contributed by atoms with Crippen LogP contribution in [0.15, 0.2) is 48.5 Å². The van der Waals surface area contributed by atoms with Crippen LogP contribution in [0.5, 0.6) is 0 Å². The Bertz CT molecular complexity index is 879. The molecule has 2 N–H and O–H groups in total. The smallest absolute Gasteiger partial charge is 0.315 e. The molecule has 1 fully saturated rings. The monoisotopic (exact) mass is 426 g/mol. The normalized spacial score (nSPS) is 14.8. The van der Waals surface area contributed by atoms with Gasteiger partial charge in [-0.2, -0.15) is 0 Å². The van der Waals surface area contributed by atoms with Gasteiger partial charge in [0.15, 0.2) is 0 Å². The van der Waals surface area contributed by atoms with E-state index in [1.165, 1.54) is 23.4 Å². The molecule has 0 saturated carbocycles. The first-order chi connectivity index (χ1) is 15.0. The van der Waals surface area contributed by atoms with Gasteiger partial charge < -0.3 is 20.4 Å². The predicted molar refractivity (Wildman–Crippen MR) is 120 cm³/mol. The van der Waals surface area contributed by atoms with E-state index in [1.54, 1.807) is 12.1 Å². The van der Waals surface area contributed by atoms with E-state index in [1.807, 2.05) is 17.9 Å². The van der Waals surface area contributed by atoms with Crippen molar-refractivity contribution in [3.8, 4) is 0 Å². The van der Waals surface area contributed by atoms with Crippen molar-refractivity contribution in [1.29, 1.82) is 0 Å². The Morgan fingerprint density at radius 3 is 2.42 bits per heavy atom. The van der Waals surface area contributed by atoms with E-state index >= 15 is 0 Å². The third-order valence-electron chi connectivity index (χ3n) is 5.51. The number of aryl methyl sites for hydroxylation is 1. The van der Waals surface area contributed by atoms with Gasteiger partial charge >= 0.3 is 6.03 Å². The molecule has 1 atom stereocenters. The molecule has 6 nitrogen and oxygen atoms in total. The number of piperazine rings is 1. The van der Waals surface area contributed by atoms with Gasteiger partial charge in [-0.15, -0.1) is 0 Å². The number of rotatable bonds is 7. The molecule has 0 spiro atoms. The van der Waals surface area contributed by atoms with Gasteiger partial charge in [0.1, 0.15) is 11.9 Å². The maximum absolute atomic E-state index is 13.1. The number of urea groups is 1. The zero-order valence-electron chi connectivity index (χ0n) is 18.2. The van der Waals surface area contributed by atoms with Gasteiger partial charge in [-0.05, 0) is 48.7 Å². The van der Waals surface area contributed by atoms with Crippen LogP contribution >= 0.6 is 0 Å². The minimum atomic E-state index is -0.552. The number of nitrogens with zero attached hydrogens (tertiary/aromatic N) is 2. The quantitative estimate of drug-likeness (QED) is 0.713. The first-order valence-corrected chi connectivity index (χ1v) is 10.9. The molecule has 0 radical (unpaired) electrons. The summed E-state index contributed by atoms with van der Waals surface area (Å²) in [4.78, 5) is 29.5. The van der Waals surface area contributed by atoms with Crippen molar-refractivity contribution in [3.05, 3.63) is 65.5 Å². The van der Waals surface area contributed by atoms with Crippen molar-refractivity contribution in [3.63, 3.8) is 0 Å². The first-order valence-electron chi connectivity index (χ1n) is 10.9. The van der Waals surface area contributed by atoms with E-state index in [9.17, 15) is 14.0 Å². The molecular weight excluding hydrogens is 395 g/mol. The van der Waals surface area contributed by atoms with E-state index in [2.05, 4.69) is 40.7 Å². The van der Waals surface area contributed by atoms with Crippen LogP contribution in [0.4, 0.5) is 14.9 Å². The molecule has 1 aliphatic rings. The van der Waals surface area contributed by atoms with Gasteiger partial charge in [0.05, 0.1) is 0 Å². The Labute approximate surface area is 183 Å². The second-order valence-electron chi connectivity index (χ2n) is 7.95. The molecule has 7 heteroatoms. The van der Waals surface area contributed by atoms with E-state index < -0.39 is 12.1 Å². The Morgan fingerprint density at radius 2 is 1.77 bits per heavy atom. The number of nitrogens with one attached hydrogen (secondary N) is 2. The molecular formula is C24H31FN4O2. The van der Waals surface area contributed by atoms with Crippen LogP contribution in [0.1, 0.15) is 30.9 Å². The third kappa shape index (κ3) is 6.44. The molecule has 31 heavy (non-hydrogen) atoms. The van der Waals surface area contributed by atoms with Crippen molar-refractivity contribution in [2.45, 2.75) is 39.3 Å². The molecule has 0 unspecified atom stereocenters. The molecule has 1 heterocycles. The highest BCUT2D eigenvalue weighted by Crippen LogP contribution is 2.18. The molecule has 2 aromatic carbocycles. The average Bonchev–Trinajstić information content (AvgIpc) is 2.78. The summed E-state index contributed by atoms with van der Waals surface area (Å²) in [5.41, 5.74) is 3.19. The fraction of sp³-hybridized carbons (Fsp3) is 0.417. The van der Waals surface area contributed by atoms with Gasteiger partial charge in [-0.3, -0.25) is 4.79 Å². The lowest BCUT2D eigenvalue weighted by Crippen LogP contribution is -2.56. The zero-order chi connectivity index (χ0) is 22.2. The fourth-order valence-corrected chi connectivity index (χ4v) is 3.77. The number of hydrogen-bond donors (Lipinski definition) is 2. The molecule has 3 amide bonds. The number of carbonyl (C=O) groups excluding carboxylic acids is 2. The first kappa shape index (κ1) is 22.6. The lowest BCUT2D eigenvalue weighted by molar-refractivity contribution is -0.133. The van der Waals surface area contributed by atoms with Crippen molar-refractivity contribution < 1.29 is 14.0 Å². The van der Waals surface area contributed by atoms with Gasteiger partial charge in [0, 0.05) is 38.4 Å². The minimum Gasteiger partial charge on any atom is -0.368 e. The number of anilines is 1. The Kier molecular flexibility index (Phi) is 7.87. The van der Waals surface area contributed by atoms with Crippen molar-refractivity contribution in [2.75, 3.05) is 31.1 Å². The lowest BCUT2D eigenvalue weighted by atomic mass is 10.1. The molecule has 166 valence electrons. The number of amides is 3. The summed E-state index contributed by atoms with van der Waals surface area (Å²) < 4.78 is 13.0. The molecule has 1 saturated heterocycles. The third-order valence-corrected chi connectivity index (χ3v) is 5.51. The van der Waals surface area contributed by atoms with Crippen LogP contribution in [0.25, 0.3) is 0 Å². The molecule has 2 aromatic rings. The van der Waals surface area contributed by atoms with E-state index in [0.29, 0.717) is 19.5 Å². The molecule has 0 aromatic heterocycles. The summed E-state index contributed by atoms with van der Waals surface area (Å²) in [5, 5.41) is 5.57. The van der Waals surface area contributed by atoms with Gasteiger partial charge in [0.2, 0.25) is 5.91 Å². The zero-order valence-corrected chi connectivity index (χ0v) is 18.2. The number of carbonyl (C=O) groups is 2. The maximum atomic E-state index is 13.1. The van der Waals surface area contributed by atoms with E-state index in [4.69, 9.17) is 0 Å². The Morgan fingerprint density at radius 1 is 1.06 bits per heavy atom. The molecule has 0 bridgehead atoms. The highest BCUT2D eigenvalue weighted by Gasteiger charge is 2.28. The summed E-state index contributed by atoms with van der Waals surface area (Å²) in [6.45, 7) is 7.14. The van der Waals surface area contributed by atoms with Crippen molar-refractivity contribution in [1.82, 2.24) is 15.5 Å². The van der Waals surface area contributed by atoms with Crippen LogP contribution in [-0.2, 0) is 11.3 Å². The predicted octanol–water partition coefficient (Wildman–Crippen LogP) is 3.45. The van der Waals surface area contributed by atoms with Gasteiger partial charge in [0.25, 0.3) is 0 Å². The van der Waals surface area contributed by atoms with E-state index in [-0.39, 0.29) is 18.3 Å². The highest BCUT2D eigenvalue weighted by atomic mass is 19.1. The molecule has 0 aliphatic carbocycles. The molecule has 1 aliphatic heterocycles. The highest BCUT2D eigenvalue weighted by molar-refractivity contribution is 5.87. The Balaban J connectivity index is 1.51. The fourth-order valence-electron chi connectivity index (χ4n) is 3.77. The van der Waals surface area contributed by atoms with Crippen molar-refractivity contribution >= 4 is 17.6 Å². The summed E-state index contributed by atoms with van der Waals surface area (Å²) in [7, 11) is 0. The second-order valence-corrected chi connectivity index (χ2v) is 7.95. The van der Waals surface area contributed by atoms with E-state index in [0.717, 1.165) is 25.1 Å². The minimum absolute atomic E-state index is 0.0392. The Hall–Kier alpha value is -3.09. The molecule has 3 rings (SSSR count). The average molecular weight is 427 g/mol. The summed E-state index contributed by atoms with van der Waals surface area (Å²) in [6.07, 6.45) is 1.37. The summed E-state index contributed by atoms with van der Waals surface area (Å²) in [6, 6.07) is 13.4. The topological polar surface area (TPSA) is 64.7 Å². The number of hydrogen-bond acceptors (Lipinski definition) is 3. The van der Waals surface area contributed by atoms with Crippen molar-refractivity contribution in [2.24, 2.45) is 0 Å².